The van der Waals surface area contributed by atoms with Crippen molar-refractivity contribution in [3.05, 3.63) is 40.4 Å². The predicted molar refractivity (Wildman–Crippen MR) is 99.4 cm³/mol. The number of nitrogens with zero attached hydrogens (tertiary/aromatic N) is 2. The Morgan fingerprint density at radius 1 is 1.40 bits per heavy atom. The molecule has 2 amide bonds. The molecule has 1 aromatic heterocycles. The fourth-order valence-electron chi connectivity index (χ4n) is 2.63. The number of methoxy groups -OCH3 is 1. The number of rotatable bonds is 4. The van der Waals surface area contributed by atoms with E-state index in [0.29, 0.717) is 30.2 Å². The number of hydrogen-bond donors (Lipinski definition) is 1. The maximum atomic E-state index is 12.6. The van der Waals surface area contributed by atoms with Gasteiger partial charge in [0.25, 0.3) is 5.91 Å². The quantitative estimate of drug-likeness (QED) is 0.824. The van der Waals surface area contributed by atoms with Crippen LogP contribution < -0.4 is 5.32 Å². The van der Waals surface area contributed by atoms with Gasteiger partial charge in [-0.3, -0.25) is 10.1 Å². The molecule has 1 aliphatic rings. The first kappa shape index (κ1) is 17.8. The van der Waals surface area contributed by atoms with Crippen LogP contribution in [0.5, 0.6) is 0 Å². The van der Waals surface area contributed by atoms with E-state index in [-0.39, 0.29) is 12.0 Å². The van der Waals surface area contributed by atoms with E-state index in [1.807, 2.05) is 24.3 Å². The highest BCUT2D eigenvalue weighted by atomic mass is 32.2. The third-order valence-corrected chi connectivity index (χ3v) is 5.77. The Balaban J connectivity index is 1.74. The van der Waals surface area contributed by atoms with Gasteiger partial charge in [-0.05, 0) is 17.9 Å². The van der Waals surface area contributed by atoms with Gasteiger partial charge in [0.2, 0.25) is 0 Å². The number of nitrogens with one attached hydrogen (secondary N) is 1. The Bertz CT molecular complexity index is 791. The van der Waals surface area contributed by atoms with E-state index in [0.717, 1.165) is 21.2 Å². The predicted octanol–water partition coefficient (Wildman–Crippen LogP) is 3.63. The molecule has 6 nitrogen and oxygen atoms in total. The zero-order valence-electron chi connectivity index (χ0n) is 14.1. The first-order valence-corrected chi connectivity index (χ1v) is 9.77. The number of ether oxygens (including phenoxy) is 1. The van der Waals surface area contributed by atoms with E-state index in [1.54, 1.807) is 16.7 Å². The van der Waals surface area contributed by atoms with Crippen LogP contribution in [0.3, 0.4) is 0 Å². The van der Waals surface area contributed by atoms with Crippen LogP contribution >= 0.6 is 23.1 Å². The molecule has 132 valence electrons. The van der Waals surface area contributed by atoms with Gasteiger partial charge in [0.05, 0.1) is 24.9 Å². The molecular weight excluding hydrogens is 358 g/mol. The highest BCUT2D eigenvalue weighted by Gasteiger charge is 2.25. The van der Waals surface area contributed by atoms with E-state index in [1.165, 1.54) is 18.4 Å². The summed E-state index contributed by atoms with van der Waals surface area (Å²) in [6, 6.07) is 7.55. The minimum Gasteiger partial charge on any atom is -0.453 e. The van der Waals surface area contributed by atoms with Gasteiger partial charge in [-0.15, -0.1) is 11.8 Å². The van der Waals surface area contributed by atoms with Gasteiger partial charge < -0.3 is 9.64 Å². The van der Waals surface area contributed by atoms with Crippen molar-refractivity contribution in [3.63, 3.8) is 0 Å². The topological polar surface area (TPSA) is 71.5 Å². The smallest absolute Gasteiger partial charge is 0.409 e. The largest absolute Gasteiger partial charge is 0.453 e. The maximum absolute atomic E-state index is 12.6. The fourth-order valence-corrected chi connectivity index (χ4v) is 4.45. The minimum absolute atomic E-state index is 0.160. The van der Waals surface area contributed by atoms with Crippen molar-refractivity contribution < 1.29 is 14.3 Å². The van der Waals surface area contributed by atoms with Gasteiger partial charge >= 0.3 is 6.09 Å². The molecule has 1 aliphatic heterocycles. The molecule has 0 atom stereocenters. The molecule has 2 aromatic rings. The average Bonchev–Trinajstić information content (AvgIpc) is 3.03. The van der Waals surface area contributed by atoms with E-state index in [9.17, 15) is 9.59 Å². The van der Waals surface area contributed by atoms with Gasteiger partial charge in [-0.1, -0.05) is 30.4 Å². The van der Waals surface area contributed by atoms with Crippen LogP contribution in [0, 0.1) is 0 Å². The van der Waals surface area contributed by atoms with E-state index in [4.69, 9.17) is 4.74 Å². The molecule has 0 radical (unpaired) electrons. The summed E-state index contributed by atoms with van der Waals surface area (Å²) in [6.45, 7) is 3.10. The van der Waals surface area contributed by atoms with Crippen molar-refractivity contribution >= 4 is 40.2 Å². The lowest BCUT2D eigenvalue weighted by Gasteiger charge is -2.24. The van der Waals surface area contributed by atoms with Crippen molar-refractivity contribution in [1.29, 1.82) is 0 Å². The summed E-state index contributed by atoms with van der Waals surface area (Å²) in [5, 5.41) is 3.46. The molecule has 0 saturated carbocycles. The second-order valence-electron chi connectivity index (χ2n) is 5.41. The van der Waals surface area contributed by atoms with Crippen molar-refractivity contribution in [1.82, 2.24) is 9.88 Å². The van der Waals surface area contributed by atoms with Crippen molar-refractivity contribution in [2.24, 2.45) is 0 Å². The summed E-state index contributed by atoms with van der Waals surface area (Å²) >= 11 is 3.05. The lowest BCUT2D eigenvalue weighted by Crippen LogP contribution is -2.35. The monoisotopic (exact) mass is 377 g/mol. The number of thioether (sulfide) groups is 1. The first-order chi connectivity index (χ1) is 12.1. The molecule has 25 heavy (non-hydrogen) atoms. The van der Waals surface area contributed by atoms with Crippen LogP contribution in [0.15, 0.2) is 29.2 Å². The van der Waals surface area contributed by atoms with Crippen LogP contribution in [0.2, 0.25) is 0 Å². The Morgan fingerprint density at radius 2 is 2.20 bits per heavy atom. The first-order valence-electron chi connectivity index (χ1n) is 7.97. The highest BCUT2D eigenvalue weighted by Crippen LogP contribution is 2.30. The van der Waals surface area contributed by atoms with Gasteiger partial charge in [-0.2, -0.15) is 0 Å². The maximum Gasteiger partial charge on any atom is 0.409 e. The molecule has 0 bridgehead atoms. The summed E-state index contributed by atoms with van der Waals surface area (Å²) in [6.07, 6.45) is 0.328. The molecule has 8 heteroatoms. The van der Waals surface area contributed by atoms with Gasteiger partial charge in [0.15, 0.2) is 5.13 Å². The van der Waals surface area contributed by atoms with Crippen molar-refractivity contribution in [3.8, 4) is 0 Å². The summed E-state index contributed by atoms with van der Waals surface area (Å²) < 4.78 is 4.77. The number of carbonyl (C=O) groups is 2. The van der Waals surface area contributed by atoms with Crippen LogP contribution in [0.1, 0.15) is 27.9 Å². The Kier molecular flexibility index (Phi) is 5.60. The lowest BCUT2D eigenvalue weighted by atomic mass is 10.2. The number of hydrogen-bond acceptors (Lipinski definition) is 6. The lowest BCUT2D eigenvalue weighted by molar-refractivity contribution is 0.102. The molecule has 0 unspecified atom stereocenters. The number of carbonyl (C=O) groups excluding carboxylic acids is 2. The SMILES string of the molecule is CCSc1ccccc1C(=O)Nc1nc2c(s1)CN(C(=O)OC)CC2. The van der Waals surface area contributed by atoms with Gasteiger partial charge in [0, 0.05) is 22.7 Å². The fraction of sp³-hybridized carbons (Fsp3) is 0.353. The summed E-state index contributed by atoms with van der Waals surface area (Å²) in [4.78, 5) is 32.4. The molecule has 1 aromatic carbocycles. The Morgan fingerprint density at radius 3 is 2.96 bits per heavy atom. The van der Waals surface area contributed by atoms with E-state index in [2.05, 4.69) is 17.2 Å². The van der Waals surface area contributed by atoms with E-state index >= 15 is 0 Å². The highest BCUT2D eigenvalue weighted by molar-refractivity contribution is 7.99. The normalized spacial score (nSPS) is 13.3. The molecule has 2 heterocycles. The number of aromatic nitrogens is 1. The van der Waals surface area contributed by atoms with Crippen molar-refractivity contribution in [2.75, 3.05) is 24.7 Å². The third-order valence-electron chi connectivity index (χ3n) is 3.82. The van der Waals surface area contributed by atoms with Gasteiger partial charge in [0.1, 0.15) is 0 Å². The Hall–Kier alpha value is -2.06. The van der Waals surface area contributed by atoms with Crippen LogP contribution in [-0.2, 0) is 17.7 Å². The number of benzene rings is 1. The van der Waals surface area contributed by atoms with Crippen LogP contribution in [0.25, 0.3) is 0 Å². The second-order valence-corrected chi connectivity index (χ2v) is 7.80. The summed E-state index contributed by atoms with van der Waals surface area (Å²) in [5.41, 5.74) is 1.59. The molecule has 0 spiro atoms. The van der Waals surface area contributed by atoms with Crippen LogP contribution in [0.4, 0.5) is 9.93 Å². The minimum atomic E-state index is -0.338. The van der Waals surface area contributed by atoms with Gasteiger partial charge in [-0.25, -0.2) is 9.78 Å². The summed E-state index contributed by atoms with van der Waals surface area (Å²) in [5.74, 6) is 0.742. The van der Waals surface area contributed by atoms with E-state index < -0.39 is 0 Å². The number of fused-ring (bicyclic) bond motifs is 1. The molecule has 3 rings (SSSR count). The van der Waals surface area contributed by atoms with Crippen molar-refractivity contribution in [2.45, 2.75) is 24.8 Å². The molecule has 1 N–H and O–H groups in total. The second kappa shape index (κ2) is 7.88. The standard InChI is InChI=1S/C17H19N3O3S2/c1-3-24-13-7-5-4-6-11(13)15(21)19-16-18-12-8-9-20(17(22)23-2)10-14(12)25-16/h4-7H,3,8-10H2,1-2H3,(H,18,19,21). The molecular formula is C17H19N3O3S2. The number of thiazole rings is 1. The molecule has 0 saturated heterocycles. The zero-order chi connectivity index (χ0) is 17.8. The number of anilines is 1. The van der Waals surface area contributed by atoms with Crippen LogP contribution in [-0.4, -0.2) is 41.3 Å². The molecule has 0 fully saturated rings. The average molecular weight is 377 g/mol. The zero-order valence-corrected chi connectivity index (χ0v) is 15.7. The Labute approximate surface area is 154 Å². The third kappa shape index (κ3) is 3.96. The molecule has 0 aliphatic carbocycles. The summed E-state index contributed by atoms with van der Waals surface area (Å²) in [7, 11) is 1.38. The number of amides is 2.